The zero-order chi connectivity index (χ0) is 23.7. The lowest BCUT2D eigenvalue weighted by Gasteiger charge is -2.38. The average Bonchev–Trinajstić information content (AvgIpc) is 3.25. The number of ether oxygens (including phenoxy) is 1. The minimum absolute atomic E-state index is 0.0601. The van der Waals surface area contributed by atoms with Crippen LogP contribution < -0.4 is 10.6 Å². The third-order valence-corrected chi connectivity index (χ3v) is 6.94. The van der Waals surface area contributed by atoms with E-state index in [1.807, 2.05) is 60.8 Å². The molecule has 1 aliphatic rings. The Morgan fingerprint density at radius 3 is 2.65 bits per heavy atom. The number of benzene rings is 2. The molecule has 172 valence electrons. The largest absolute Gasteiger partial charge is 0.378 e. The first-order valence-corrected chi connectivity index (χ1v) is 11.8. The summed E-state index contributed by atoms with van der Waals surface area (Å²) >= 11 is 1.52. The molecule has 8 heteroatoms. The summed E-state index contributed by atoms with van der Waals surface area (Å²) in [4.78, 5) is 32.4. The first-order valence-electron chi connectivity index (χ1n) is 11.0. The predicted molar refractivity (Wildman–Crippen MR) is 135 cm³/mol. The van der Waals surface area contributed by atoms with Crippen LogP contribution in [0.3, 0.4) is 0 Å². The quantitative estimate of drug-likeness (QED) is 0.409. The highest BCUT2D eigenvalue weighted by atomic mass is 32.1. The summed E-state index contributed by atoms with van der Waals surface area (Å²) in [5.41, 5.74) is 3.35. The highest BCUT2D eigenvalue weighted by Gasteiger charge is 2.31. The Morgan fingerprint density at radius 1 is 1.09 bits per heavy atom. The zero-order valence-corrected chi connectivity index (χ0v) is 19.7. The molecule has 3 heterocycles. The van der Waals surface area contributed by atoms with Crippen molar-refractivity contribution in [2.75, 3.05) is 30.8 Å². The van der Waals surface area contributed by atoms with E-state index in [0.29, 0.717) is 35.7 Å². The van der Waals surface area contributed by atoms with Crippen molar-refractivity contribution in [3.05, 3.63) is 82.9 Å². The molecule has 2 aromatic carbocycles. The third kappa shape index (κ3) is 4.25. The fourth-order valence-electron chi connectivity index (χ4n) is 3.90. The maximum Gasteiger partial charge on any atom is 0.257 e. The highest BCUT2D eigenvalue weighted by Crippen LogP contribution is 2.30. The van der Waals surface area contributed by atoms with Gasteiger partial charge in [-0.3, -0.25) is 9.59 Å². The van der Waals surface area contributed by atoms with E-state index < -0.39 is 0 Å². The SMILES string of the molecule is COC1CN(C(=O)c2cnc(Nc3ccccc3C)c(NC(=O)c3csc4ccccc34)c2)C1. The van der Waals surface area contributed by atoms with Gasteiger partial charge < -0.3 is 20.3 Å². The van der Waals surface area contributed by atoms with Crippen LogP contribution in [0.1, 0.15) is 26.3 Å². The van der Waals surface area contributed by atoms with Crippen LogP contribution in [0.4, 0.5) is 17.2 Å². The molecule has 0 atom stereocenters. The van der Waals surface area contributed by atoms with Crippen molar-refractivity contribution in [2.24, 2.45) is 0 Å². The minimum atomic E-state index is -0.250. The summed E-state index contributed by atoms with van der Waals surface area (Å²) in [5.74, 6) is 0.0805. The van der Waals surface area contributed by atoms with Gasteiger partial charge in [0.1, 0.15) is 0 Å². The molecule has 2 amide bonds. The zero-order valence-electron chi connectivity index (χ0n) is 18.9. The first-order chi connectivity index (χ1) is 16.5. The normalized spacial score (nSPS) is 13.5. The van der Waals surface area contributed by atoms with Gasteiger partial charge in [0.25, 0.3) is 11.8 Å². The molecule has 0 saturated carbocycles. The van der Waals surface area contributed by atoms with Gasteiger partial charge in [0.05, 0.1) is 22.9 Å². The molecule has 7 nitrogen and oxygen atoms in total. The van der Waals surface area contributed by atoms with Crippen LogP contribution >= 0.6 is 11.3 Å². The van der Waals surface area contributed by atoms with Gasteiger partial charge in [-0.25, -0.2) is 4.98 Å². The number of amides is 2. The molecule has 0 aliphatic carbocycles. The fraction of sp³-hybridized carbons (Fsp3) is 0.192. The number of thiophene rings is 1. The number of carbonyl (C=O) groups is 2. The molecule has 0 bridgehead atoms. The van der Waals surface area contributed by atoms with Crippen molar-refractivity contribution in [3.8, 4) is 0 Å². The molecular formula is C26H24N4O3S. The van der Waals surface area contributed by atoms with Crippen molar-refractivity contribution >= 4 is 50.4 Å². The number of likely N-dealkylation sites (tertiary alicyclic amines) is 1. The van der Waals surface area contributed by atoms with Crippen LogP contribution in [-0.2, 0) is 4.74 Å². The van der Waals surface area contributed by atoms with Crippen LogP contribution in [0.25, 0.3) is 10.1 Å². The summed E-state index contributed by atoms with van der Waals surface area (Å²) in [6.07, 6.45) is 1.60. The van der Waals surface area contributed by atoms with Crippen LogP contribution in [-0.4, -0.2) is 48.0 Å². The molecule has 0 radical (unpaired) electrons. The number of pyridine rings is 1. The van der Waals surface area contributed by atoms with E-state index in [9.17, 15) is 9.59 Å². The van der Waals surface area contributed by atoms with Gasteiger partial charge in [-0.15, -0.1) is 11.3 Å². The number of hydrogen-bond donors (Lipinski definition) is 2. The topological polar surface area (TPSA) is 83.6 Å². The van der Waals surface area contributed by atoms with Gasteiger partial charge in [0.15, 0.2) is 5.82 Å². The van der Waals surface area contributed by atoms with Gasteiger partial charge in [-0.1, -0.05) is 36.4 Å². The summed E-state index contributed by atoms with van der Waals surface area (Å²) in [6.45, 7) is 3.08. The van der Waals surface area contributed by atoms with Crippen molar-refractivity contribution in [1.29, 1.82) is 0 Å². The molecule has 2 N–H and O–H groups in total. The second-order valence-corrected chi connectivity index (χ2v) is 9.14. The molecule has 1 fully saturated rings. The molecule has 4 aromatic rings. The third-order valence-electron chi connectivity index (χ3n) is 5.98. The lowest BCUT2D eigenvalue weighted by atomic mass is 10.1. The van der Waals surface area contributed by atoms with Crippen molar-refractivity contribution in [2.45, 2.75) is 13.0 Å². The average molecular weight is 473 g/mol. The molecule has 1 aliphatic heterocycles. The molecule has 0 unspecified atom stereocenters. The number of nitrogens with one attached hydrogen (secondary N) is 2. The Bertz CT molecular complexity index is 1380. The summed E-state index contributed by atoms with van der Waals surface area (Å²) in [6, 6.07) is 17.3. The van der Waals surface area contributed by atoms with Crippen LogP contribution in [0, 0.1) is 6.92 Å². The Labute approximate surface area is 201 Å². The Kier molecular flexibility index (Phi) is 6.00. The molecule has 5 rings (SSSR count). The van der Waals surface area contributed by atoms with Crippen LogP contribution in [0.5, 0.6) is 0 Å². The second kappa shape index (κ2) is 9.24. The molecule has 1 saturated heterocycles. The fourth-order valence-corrected chi connectivity index (χ4v) is 4.84. The van der Waals surface area contributed by atoms with Crippen LogP contribution in [0.2, 0.25) is 0 Å². The van der Waals surface area contributed by atoms with Gasteiger partial charge in [0, 0.05) is 47.5 Å². The van der Waals surface area contributed by atoms with E-state index >= 15 is 0 Å². The van der Waals surface area contributed by atoms with E-state index in [1.54, 1.807) is 24.3 Å². The maximum atomic E-state index is 13.3. The number of hydrogen-bond acceptors (Lipinski definition) is 6. The van der Waals surface area contributed by atoms with Crippen molar-refractivity contribution in [1.82, 2.24) is 9.88 Å². The summed E-state index contributed by atoms with van der Waals surface area (Å²) in [5, 5.41) is 9.02. The lowest BCUT2D eigenvalue weighted by molar-refractivity contribution is -0.0192. The number of aryl methyl sites for hydroxylation is 1. The van der Waals surface area contributed by atoms with Gasteiger partial charge in [-0.2, -0.15) is 0 Å². The Hall–Kier alpha value is -3.75. The van der Waals surface area contributed by atoms with Gasteiger partial charge >= 0.3 is 0 Å². The van der Waals surface area contributed by atoms with E-state index in [0.717, 1.165) is 21.3 Å². The smallest absolute Gasteiger partial charge is 0.257 e. The number of carbonyl (C=O) groups excluding carboxylic acids is 2. The van der Waals surface area contributed by atoms with E-state index in [1.165, 1.54) is 11.3 Å². The number of para-hydroxylation sites is 1. The monoisotopic (exact) mass is 472 g/mol. The van der Waals surface area contributed by atoms with Gasteiger partial charge in [-0.05, 0) is 30.7 Å². The molecule has 2 aromatic heterocycles. The maximum absolute atomic E-state index is 13.3. The number of anilines is 3. The van der Waals surface area contributed by atoms with Crippen LogP contribution in [0.15, 0.2) is 66.2 Å². The van der Waals surface area contributed by atoms with Crippen molar-refractivity contribution in [3.63, 3.8) is 0 Å². The number of rotatable bonds is 6. The second-order valence-electron chi connectivity index (χ2n) is 8.23. The van der Waals surface area contributed by atoms with E-state index in [2.05, 4.69) is 15.6 Å². The summed E-state index contributed by atoms with van der Waals surface area (Å²) < 4.78 is 6.32. The number of nitrogens with zero attached hydrogens (tertiary/aromatic N) is 2. The highest BCUT2D eigenvalue weighted by molar-refractivity contribution is 7.17. The predicted octanol–water partition coefficient (Wildman–Crippen LogP) is 5.07. The molecule has 34 heavy (non-hydrogen) atoms. The Balaban J connectivity index is 1.47. The first kappa shape index (κ1) is 22.1. The number of fused-ring (bicyclic) bond motifs is 1. The number of methoxy groups -OCH3 is 1. The number of aromatic nitrogens is 1. The lowest BCUT2D eigenvalue weighted by Crippen LogP contribution is -2.54. The van der Waals surface area contributed by atoms with E-state index in [4.69, 9.17) is 4.74 Å². The van der Waals surface area contributed by atoms with Gasteiger partial charge in [0.2, 0.25) is 0 Å². The van der Waals surface area contributed by atoms with Crippen molar-refractivity contribution < 1.29 is 14.3 Å². The molecule has 0 spiro atoms. The standard InChI is InChI=1S/C26H24N4O3S/c1-16-7-3-5-9-21(16)28-24-22(11-17(12-27-24)26(32)30-13-18(14-30)33-2)29-25(31)20-15-34-23-10-6-4-8-19(20)23/h3-12,15,18H,13-14H2,1-2H3,(H,27,28)(H,29,31). The Morgan fingerprint density at radius 2 is 1.85 bits per heavy atom. The van der Waals surface area contributed by atoms with E-state index in [-0.39, 0.29) is 17.9 Å². The summed E-state index contributed by atoms with van der Waals surface area (Å²) in [7, 11) is 1.64. The minimum Gasteiger partial charge on any atom is -0.378 e. The molecular weight excluding hydrogens is 448 g/mol.